The number of hydrogen-bond acceptors (Lipinski definition) is 2. The van der Waals surface area contributed by atoms with Crippen LogP contribution in [-0.2, 0) is 10.8 Å². The molecule has 0 amide bonds. The lowest BCUT2D eigenvalue weighted by Crippen LogP contribution is -2.29. The van der Waals surface area contributed by atoms with Crippen LogP contribution >= 0.6 is 11.3 Å². The molecule has 0 radical (unpaired) electrons. The van der Waals surface area contributed by atoms with Crippen molar-refractivity contribution in [3.05, 3.63) is 293 Å². The Kier molecular flexibility index (Phi) is 8.28. The molecule has 64 heavy (non-hydrogen) atoms. The van der Waals surface area contributed by atoms with Gasteiger partial charge in [-0.1, -0.05) is 212 Å². The number of rotatable bonds is 7. The van der Waals surface area contributed by atoms with E-state index in [4.69, 9.17) is 0 Å². The first-order valence-corrected chi connectivity index (χ1v) is 23.0. The van der Waals surface area contributed by atoms with Crippen LogP contribution in [0, 0.1) is 0 Å². The van der Waals surface area contributed by atoms with Gasteiger partial charge in [0.2, 0.25) is 0 Å². The second-order valence-electron chi connectivity index (χ2n) is 17.1. The van der Waals surface area contributed by atoms with E-state index >= 15 is 0 Å². The number of benzene rings is 10. The highest BCUT2D eigenvalue weighted by Crippen LogP contribution is 2.61. The normalized spacial score (nSPS) is 13.9. The van der Waals surface area contributed by atoms with Crippen molar-refractivity contribution in [1.82, 2.24) is 0 Å². The van der Waals surface area contributed by atoms with Gasteiger partial charge in [0.25, 0.3) is 0 Å². The molecular formula is C62H41NS. The molecule has 1 aromatic heterocycles. The van der Waals surface area contributed by atoms with Gasteiger partial charge in [0.05, 0.1) is 16.5 Å². The molecule has 300 valence electrons. The third kappa shape index (κ3) is 5.12. The van der Waals surface area contributed by atoms with Crippen molar-refractivity contribution in [2.24, 2.45) is 0 Å². The number of hydrogen-bond donors (Lipinski definition) is 0. The second kappa shape index (κ2) is 14.4. The molecule has 10 aromatic carbocycles. The fourth-order valence-electron chi connectivity index (χ4n) is 11.5. The summed E-state index contributed by atoms with van der Waals surface area (Å²) < 4.78 is 2.58. The first-order chi connectivity index (χ1) is 31.8. The molecular weight excluding hydrogens is 791 g/mol. The van der Waals surface area contributed by atoms with E-state index < -0.39 is 10.8 Å². The maximum atomic E-state index is 2.55. The van der Waals surface area contributed by atoms with Crippen LogP contribution in [0.15, 0.2) is 249 Å². The molecule has 0 atom stereocenters. The summed E-state index contributed by atoms with van der Waals surface area (Å²) in [5, 5.41) is 2.59. The Balaban J connectivity index is 1.13. The zero-order valence-electron chi connectivity index (χ0n) is 35.0. The lowest BCUT2D eigenvalue weighted by atomic mass is 9.67. The van der Waals surface area contributed by atoms with Crippen LogP contribution in [0.4, 0.5) is 17.1 Å². The third-order valence-electron chi connectivity index (χ3n) is 14.0. The van der Waals surface area contributed by atoms with E-state index in [0.717, 1.165) is 17.1 Å². The van der Waals surface area contributed by atoms with Crippen LogP contribution in [0.5, 0.6) is 0 Å². The highest BCUT2D eigenvalue weighted by Gasteiger charge is 2.49. The highest BCUT2D eigenvalue weighted by molar-refractivity contribution is 7.25. The van der Waals surface area contributed by atoms with Gasteiger partial charge >= 0.3 is 0 Å². The first-order valence-electron chi connectivity index (χ1n) is 22.2. The van der Waals surface area contributed by atoms with Crippen molar-refractivity contribution >= 4 is 48.6 Å². The standard InChI is InChI=1S/C62H41NS/c1-5-20-42(21-6-1)61(43-22-7-2-8-23-43)54-32-17-14-30-52(54)60-55(61)33-19-34-57(60)63(47-37-39-51-50-29-15-18-35-58(50)64-59(51)41-47)46-36-38-49-48-28-13-16-31-53(48)62(56(49)40-46,44-24-9-3-10-25-44)45-26-11-4-12-27-45/h1-41H. The highest BCUT2D eigenvalue weighted by atomic mass is 32.1. The fraction of sp³-hybridized carbons (Fsp3) is 0.0323. The van der Waals surface area contributed by atoms with Crippen LogP contribution in [0.1, 0.15) is 44.5 Å². The third-order valence-corrected chi connectivity index (χ3v) is 15.2. The summed E-state index contributed by atoms with van der Waals surface area (Å²) in [6, 6.07) is 92.8. The monoisotopic (exact) mass is 831 g/mol. The smallest absolute Gasteiger partial charge is 0.0714 e. The molecule has 0 fully saturated rings. The van der Waals surface area contributed by atoms with Gasteiger partial charge in [0, 0.05) is 37.1 Å². The van der Waals surface area contributed by atoms with Crippen molar-refractivity contribution in [2.75, 3.05) is 4.90 Å². The van der Waals surface area contributed by atoms with E-state index in [0.29, 0.717) is 0 Å². The van der Waals surface area contributed by atoms with Crippen molar-refractivity contribution in [3.63, 3.8) is 0 Å². The maximum absolute atomic E-state index is 2.55. The van der Waals surface area contributed by atoms with Crippen molar-refractivity contribution < 1.29 is 0 Å². The average molecular weight is 832 g/mol. The molecule has 0 spiro atoms. The van der Waals surface area contributed by atoms with Gasteiger partial charge in [-0.2, -0.15) is 0 Å². The first kappa shape index (κ1) is 36.8. The molecule has 2 aliphatic carbocycles. The predicted molar refractivity (Wildman–Crippen MR) is 269 cm³/mol. The molecule has 11 aromatic rings. The SMILES string of the molecule is c1ccc(C2(c3ccccc3)c3ccccc3-c3ccc(N(c4ccc5c(c4)sc4ccccc45)c4cccc5c4-c4ccccc4C5(c4ccccc4)c4ccccc4)cc32)cc1. The largest absolute Gasteiger partial charge is 0.310 e. The number of fused-ring (bicyclic) bond motifs is 9. The molecule has 0 unspecified atom stereocenters. The van der Waals surface area contributed by atoms with Gasteiger partial charge in [-0.15, -0.1) is 11.3 Å². The molecule has 0 bridgehead atoms. The van der Waals surface area contributed by atoms with Crippen LogP contribution in [0.25, 0.3) is 42.4 Å². The molecule has 0 N–H and O–H groups in total. The number of anilines is 3. The van der Waals surface area contributed by atoms with Crippen LogP contribution in [0.2, 0.25) is 0 Å². The van der Waals surface area contributed by atoms with E-state index in [2.05, 4.69) is 254 Å². The van der Waals surface area contributed by atoms with Crippen LogP contribution in [-0.4, -0.2) is 0 Å². The predicted octanol–water partition coefficient (Wildman–Crippen LogP) is 16.3. The van der Waals surface area contributed by atoms with Crippen LogP contribution < -0.4 is 4.90 Å². The summed E-state index contributed by atoms with van der Waals surface area (Å²) in [5.41, 5.74) is 17.6. The Morgan fingerprint density at radius 1 is 0.297 bits per heavy atom. The summed E-state index contributed by atoms with van der Waals surface area (Å²) in [6.45, 7) is 0. The summed E-state index contributed by atoms with van der Waals surface area (Å²) in [4.78, 5) is 2.55. The zero-order valence-corrected chi connectivity index (χ0v) is 35.8. The number of nitrogens with zero attached hydrogens (tertiary/aromatic N) is 1. The van der Waals surface area contributed by atoms with Gasteiger partial charge < -0.3 is 4.90 Å². The second-order valence-corrected chi connectivity index (χ2v) is 18.2. The Morgan fingerprint density at radius 2 is 0.750 bits per heavy atom. The maximum Gasteiger partial charge on any atom is 0.0714 e. The van der Waals surface area contributed by atoms with Gasteiger partial charge in [0.1, 0.15) is 0 Å². The zero-order chi connectivity index (χ0) is 42.2. The van der Waals surface area contributed by atoms with Gasteiger partial charge in [0.15, 0.2) is 0 Å². The Morgan fingerprint density at radius 3 is 1.39 bits per heavy atom. The summed E-state index contributed by atoms with van der Waals surface area (Å²) in [7, 11) is 0. The topological polar surface area (TPSA) is 3.24 Å². The van der Waals surface area contributed by atoms with E-state index in [9.17, 15) is 0 Å². The van der Waals surface area contributed by atoms with E-state index in [1.165, 1.54) is 86.9 Å². The lowest BCUT2D eigenvalue weighted by Gasteiger charge is -2.35. The van der Waals surface area contributed by atoms with Crippen molar-refractivity contribution in [1.29, 1.82) is 0 Å². The number of thiophene rings is 1. The quantitative estimate of drug-likeness (QED) is 0.155. The minimum Gasteiger partial charge on any atom is -0.310 e. The summed E-state index contributed by atoms with van der Waals surface area (Å²) >= 11 is 1.87. The molecule has 0 saturated carbocycles. The minimum atomic E-state index is -0.535. The van der Waals surface area contributed by atoms with Crippen molar-refractivity contribution in [3.8, 4) is 22.3 Å². The van der Waals surface area contributed by atoms with E-state index in [1.54, 1.807) is 0 Å². The van der Waals surface area contributed by atoms with Crippen LogP contribution in [0.3, 0.4) is 0 Å². The van der Waals surface area contributed by atoms with Gasteiger partial charge in [-0.3, -0.25) is 0 Å². The molecule has 2 aliphatic rings. The molecule has 1 nitrogen and oxygen atoms in total. The Bertz CT molecular complexity index is 3470. The minimum absolute atomic E-state index is 0.527. The molecule has 0 saturated heterocycles. The molecule has 2 heteroatoms. The van der Waals surface area contributed by atoms with E-state index in [-0.39, 0.29) is 0 Å². The lowest BCUT2D eigenvalue weighted by molar-refractivity contribution is 0.768. The van der Waals surface area contributed by atoms with Gasteiger partial charge in [-0.25, -0.2) is 0 Å². The Labute approximate surface area is 377 Å². The fourth-order valence-corrected chi connectivity index (χ4v) is 12.7. The summed E-state index contributed by atoms with van der Waals surface area (Å²) in [6.07, 6.45) is 0. The molecule has 0 aliphatic heterocycles. The molecule has 1 heterocycles. The summed E-state index contributed by atoms with van der Waals surface area (Å²) in [5.74, 6) is 0. The average Bonchev–Trinajstić information content (AvgIpc) is 4.00. The Hall–Kier alpha value is -7.78. The van der Waals surface area contributed by atoms with Crippen molar-refractivity contribution in [2.45, 2.75) is 10.8 Å². The molecule has 13 rings (SSSR count). The van der Waals surface area contributed by atoms with E-state index in [1.807, 2.05) is 11.3 Å². The van der Waals surface area contributed by atoms with Gasteiger partial charge in [-0.05, 0) is 97.6 Å².